The van der Waals surface area contributed by atoms with Crippen LogP contribution in [0.3, 0.4) is 0 Å². The van der Waals surface area contributed by atoms with E-state index >= 15 is 0 Å². The Hall–Kier alpha value is -0.610. The molecule has 2 aliphatic rings. The van der Waals surface area contributed by atoms with E-state index in [1.165, 1.54) is 25.7 Å². The van der Waals surface area contributed by atoms with Crippen molar-refractivity contribution in [3.05, 3.63) is 0 Å². The van der Waals surface area contributed by atoms with Gasteiger partial charge in [-0.25, -0.2) is 0 Å². The van der Waals surface area contributed by atoms with Gasteiger partial charge in [-0.2, -0.15) is 0 Å². The number of carbonyl (C=O) groups is 1. The maximum atomic E-state index is 11.7. The minimum atomic E-state index is 0.191. The van der Waals surface area contributed by atoms with Crippen LogP contribution in [-0.2, 0) is 4.79 Å². The summed E-state index contributed by atoms with van der Waals surface area (Å²) in [6.07, 6.45) is 6.08. The number of carbonyl (C=O) groups excluding carboxylic acids is 1. The molecule has 4 nitrogen and oxygen atoms in total. The Morgan fingerprint density at radius 2 is 2.06 bits per heavy atom. The monoisotopic (exact) mass is 225 g/mol. The Kier molecular flexibility index (Phi) is 4.18. The van der Waals surface area contributed by atoms with Gasteiger partial charge in [0.2, 0.25) is 5.91 Å². The highest BCUT2D eigenvalue weighted by Crippen LogP contribution is 2.28. The zero-order valence-corrected chi connectivity index (χ0v) is 9.95. The van der Waals surface area contributed by atoms with Gasteiger partial charge < -0.3 is 11.1 Å². The normalized spacial score (nSPS) is 20.1. The number of nitrogens with one attached hydrogen (secondary N) is 1. The standard InChI is InChI=1S/C12H23N3O/c13-6-1-7-15(11-4-5-11)9-12(16)14-8-10-2-3-10/h10-11H,1-9,13H2,(H,14,16). The molecule has 0 aromatic rings. The Morgan fingerprint density at radius 1 is 1.31 bits per heavy atom. The highest BCUT2D eigenvalue weighted by atomic mass is 16.2. The van der Waals surface area contributed by atoms with E-state index in [-0.39, 0.29) is 5.91 Å². The van der Waals surface area contributed by atoms with Crippen LogP contribution in [0.25, 0.3) is 0 Å². The highest BCUT2D eigenvalue weighted by Gasteiger charge is 2.30. The summed E-state index contributed by atoms with van der Waals surface area (Å²) >= 11 is 0. The maximum absolute atomic E-state index is 11.7. The third-order valence-electron chi connectivity index (χ3n) is 3.34. The molecule has 0 atom stereocenters. The molecule has 0 heterocycles. The van der Waals surface area contributed by atoms with Crippen LogP contribution in [0.1, 0.15) is 32.1 Å². The summed E-state index contributed by atoms with van der Waals surface area (Å²) < 4.78 is 0. The molecule has 0 radical (unpaired) electrons. The first-order chi connectivity index (χ1) is 7.79. The molecule has 2 aliphatic carbocycles. The predicted octanol–water partition coefficient (Wildman–Crippen LogP) is 0.326. The molecule has 4 heteroatoms. The molecule has 92 valence electrons. The fourth-order valence-corrected chi connectivity index (χ4v) is 1.95. The summed E-state index contributed by atoms with van der Waals surface area (Å²) in [7, 11) is 0. The summed E-state index contributed by atoms with van der Waals surface area (Å²) in [5.74, 6) is 0.957. The van der Waals surface area contributed by atoms with Crippen LogP contribution in [0.15, 0.2) is 0 Å². The lowest BCUT2D eigenvalue weighted by Crippen LogP contribution is -2.40. The summed E-state index contributed by atoms with van der Waals surface area (Å²) in [4.78, 5) is 14.0. The Labute approximate surface area is 97.6 Å². The Bertz CT molecular complexity index is 236. The zero-order valence-electron chi connectivity index (χ0n) is 9.95. The first-order valence-electron chi connectivity index (χ1n) is 6.50. The highest BCUT2D eigenvalue weighted by molar-refractivity contribution is 5.78. The van der Waals surface area contributed by atoms with Gasteiger partial charge in [0, 0.05) is 19.1 Å². The number of amides is 1. The van der Waals surface area contributed by atoms with E-state index in [4.69, 9.17) is 5.73 Å². The van der Waals surface area contributed by atoms with Crippen LogP contribution in [-0.4, -0.2) is 43.0 Å². The van der Waals surface area contributed by atoms with Crippen molar-refractivity contribution in [3.8, 4) is 0 Å². The lowest BCUT2D eigenvalue weighted by molar-refractivity contribution is -0.122. The SMILES string of the molecule is NCCCN(CC(=O)NCC1CC1)C1CC1. The average molecular weight is 225 g/mol. The molecule has 2 fully saturated rings. The Balaban J connectivity index is 1.64. The molecule has 0 aliphatic heterocycles. The fraction of sp³-hybridized carbons (Fsp3) is 0.917. The third kappa shape index (κ3) is 4.10. The molecule has 0 spiro atoms. The van der Waals surface area contributed by atoms with Crippen molar-refractivity contribution in [1.29, 1.82) is 0 Å². The summed E-state index contributed by atoms with van der Waals surface area (Å²) in [5, 5.41) is 3.02. The van der Waals surface area contributed by atoms with Crippen LogP contribution in [0.5, 0.6) is 0 Å². The molecule has 0 unspecified atom stereocenters. The first kappa shape index (κ1) is 11.9. The summed E-state index contributed by atoms with van der Waals surface area (Å²) in [5.41, 5.74) is 5.51. The van der Waals surface area contributed by atoms with Gasteiger partial charge in [-0.3, -0.25) is 9.69 Å². The van der Waals surface area contributed by atoms with E-state index in [0.717, 1.165) is 25.4 Å². The largest absolute Gasteiger partial charge is 0.355 e. The van der Waals surface area contributed by atoms with E-state index in [2.05, 4.69) is 10.2 Å². The van der Waals surface area contributed by atoms with Gasteiger partial charge in [0.05, 0.1) is 6.54 Å². The van der Waals surface area contributed by atoms with Gasteiger partial charge in [0.25, 0.3) is 0 Å². The average Bonchev–Trinajstić information content (AvgIpc) is 3.15. The van der Waals surface area contributed by atoms with Crippen molar-refractivity contribution >= 4 is 5.91 Å². The molecule has 2 saturated carbocycles. The first-order valence-corrected chi connectivity index (χ1v) is 6.50. The second-order valence-corrected chi connectivity index (χ2v) is 5.09. The van der Waals surface area contributed by atoms with Crippen molar-refractivity contribution in [2.45, 2.75) is 38.1 Å². The maximum Gasteiger partial charge on any atom is 0.234 e. The molecule has 0 aromatic carbocycles. The number of nitrogens with zero attached hydrogens (tertiary/aromatic N) is 1. The number of rotatable bonds is 8. The molecule has 2 rings (SSSR count). The number of hydrogen-bond donors (Lipinski definition) is 2. The van der Waals surface area contributed by atoms with Gasteiger partial charge in [-0.1, -0.05) is 0 Å². The molecule has 0 saturated heterocycles. The smallest absolute Gasteiger partial charge is 0.234 e. The molecule has 1 amide bonds. The van der Waals surface area contributed by atoms with Crippen LogP contribution < -0.4 is 11.1 Å². The second-order valence-electron chi connectivity index (χ2n) is 5.09. The van der Waals surface area contributed by atoms with Crippen molar-refractivity contribution in [2.24, 2.45) is 11.7 Å². The fourth-order valence-electron chi connectivity index (χ4n) is 1.95. The molecule has 3 N–H and O–H groups in total. The minimum Gasteiger partial charge on any atom is -0.355 e. The van der Waals surface area contributed by atoms with Crippen LogP contribution in [0, 0.1) is 5.92 Å². The third-order valence-corrected chi connectivity index (χ3v) is 3.34. The van der Waals surface area contributed by atoms with Crippen molar-refractivity contribution < 1.29 is 4.79 Å². The second kappa shape index (κ2) is 5.64. The van der Waals surface area contributed by atoms with Crippen molar-refractivity contribution in [1.82, 2.24) is 10.2 Å². The molecule has 0 aromatic heterocycles. The van der Waals surface area contributed by atoms with E-state index in [0.29, 0.717) is 19.1 Å². The van der Waals surface area contributed by atoms with Gasteiger partial charge in [0.1, 0.15) is 0 Å². The Morgan fingerprint density at radius 3 is 2.62 bits per heavy atom. The lowest BCUT2D eigenvalue weighted by atomic mass is 10.3. The quantitative estimate of drug-likeness (QED) is 0.626. The van der Waals surface area contributed by atoms with E-state index < -0.39 is 0 Å². The van der Waals surface area contributed by atoms with Crippen LogP contribution >= 0.6 is 0 Å². The van der Waals surface area contributed by atoms with E-state index in [1.807, 2.05) is 0 Å². The van der Waals surface area contributed by atoms with Crippen molar-refractivity contribution in [3.63, 3.8) is 0 Å². The summed E-state index contributed by atoms with van der Waals surface area (Å²) in [6, 6.07) is 0.651. The van der Waals surface area contributed by atoms with Gasteiger partial charge in [0.15, 0.2) is 0 Å². The lowest BCUT2D eigenvalue weighted by Gasteiger charge is -2.20. The van der Waals surface area contributed by atoms with Crippen LogP contribution in [0.2, 0.25) is 0 Å². The van der Waals surface area contributed by atoms with Gasteiger partial charge >= 0.3 is 0 Å². The molecular formula is C12H23N3O. The zero-order chi connectivity index (χ0) is 11.4. The number of nitrogens with two attached hydrogens (primary N) is 1. The van der Waals surface area contributed by atoms with E-state index in [9.17, 15) is 4.79 Å². The van der Waals surface area contributed by atoms with Gasteiger partial charge in [-0.05, 0) is 44.6 Å². The number of hydrogen-bond acceptors (Lipinski definition) is 3. The van der Waals surface area contributed by atoms with Crippen molar-refractivity contribution in [2.75, 3.05) is 26.2 Å². The van der Waals surface area contributed by atoms with Crippen LogP contribution in [0.4, 0.5) is 0 Å². The molecule has 0 bridgehead atoms. The topological polar surface area (TPSA) is 58.4 Å². The van der Waals surface area contributed by atoms with E-state index in [1.54, 1.807) is 0 Å². The molecular weight excluding hydrogens is 202 g/mol. The molecule has 16 heavy (non-hydrogen) atoms. The summed E-state index contributed by atoms with van der Waals surface area (Å²) in [6.45, 7) is 3.14. The predicted molar refractivity (Wildman–Crippen MR) is 64.0 cm³/mol. The minimum absolute atomic E-state index is 0.191. The van der Waals surface area contributed by atoms with Gasteiger partial charge in [-0.15, -0.1) is 0 Å².